The van der Waals surface area contributed by atoms with Crippen molar-refractivity contribution in [3.05, 3.63) is 131 Å². The van der Waals surface area contributed by atoms with E-state index in [0.29, 0.717) is 33.8 Å². The van der Waals surface area contributed by atoms with Crippen molar-refractivity contribution in [3.8, 4) is 11.5 Å². The maximum absolute atomic E-state index is 15.0. The lowest BCUT2D eigenvalue weighted by Crippen LogP contribution is -2.15. The summed E-state index contributed by atoms with van der Waals surface area (Å²) < 4.78 is 44.5. The second kappa shape index (κ2) is 13.3. The Hall–Kier alpha value is -5.11. The Balaban J connectivity index is 1.82. The monoisotopic (exact) mass is 555 g/mol. The van der Waals surface area contributed by atoms with Gasteiger partial charge in [-0.3, -0.25) is 4.79 Å². The van der Waals surface area contributed by atoms with Crippen LogP contribution in [0.25, 0.3) is 5.57 Å². The van der Waals surface area contributed by atoms with Gasteiger partial charge in [0, 0.05) is 29.2 Å². The molecule has 0 fully saturated rings. The van der Waals surface area contributed by atoms with E-state index < -0.39 is 17.6 Å². The van der Waals surface area contributed by atoms with E-state index in [2.05, 4.69) is 4.99 Å². The number of ketones is 1. The number of carbonyl (C=O) groups is 2. The third kappa shape index (κ3) is 6.73. The fraction of sp³-hybridized carbons (Fsp3) is 0.121. The second-order valence-electron chi connectivity index (χ2n) is 8.78. The highest BCUT2D eigenvalue weighted by atomic mass is 19.1. The number of halogens is 2. The number of aliphatic imine (C=N–C) groups is 1. The molecule has 0 spiro atoms. The Morgan fingerprint density at radius 3 is 2.15 bits per heavy atom. The van der Waals surface area contributed by atoms with Crippen LogP contribution in [0.15, 0.2) is 102 Å². The van der Waals surface area contributed by atoms with Crippen molar-refractivity contribution in [2.75, 3.05) is 21.3 Å². The van der Waals surface area contributed by atoms with Gasteiger partial charge >= 0.3 is 5.97 Å². The predicted molar refractivity (Wildman–Crippen MR) is 153 cm³/mol. The maximum Gasteiger partial charge on any atom is 0.352 e. The lowest BCUT2D eigenvalue weighted by Gasteiger charge is -2.14. The summed E-state index contributed by atoms with van der Waals surface area (Å²) in [7, 11) is 4.19. The van der Waals surface area contributed by atoms with Crippen molar-refractivity contribution in [2.24, 2.45) is 4.99 Å². The number of methoxy groups -OCH3 is 3. The quantitative estimate of drug-likeness (QED) is 0.120. The van der Waals surface area contributed by atoms with E-state index in [1.807, 2.05) is 6.07 Å². The van der Waals surface area contributed by atoms with Gasteiger partial charge in [0.05, 0.1) is 27.0 Å². The first-order valence-electron chi connectivity index (χ1n) is 12.6. The zero-order chi connectivity index (χ0) is 29.4. The first kappa shape index (κ1) is 28.9. The molecule has 4 aromatic carbocycles. The zero-order valence-corrected chi connectivity index (χ0v) is 22.7. The number of benzene rings is 4. The molecule has 0 saturated carbocycles. The van der Waals surface area contributed by atoms with Crippen LogP contribution in [0.1, 0.15) is 33.5 Å². The van der Waals surface area contributed by atoms with E-state index in [-0.39, 0.29) is 29.2 Å². The van der Waals surface area contributed by atoms with E-state index in [9.17, 15) is 14.0 Å². The Labute approximate surface area is 236 Å². The van der Waals surface area contributed by atoms with Crippen molar-refractivity contribution in [2.45, 2.75) is 6.42 Å². The third-order valence-corrected chi connectivity index (χ3v) is 6.28. The summed E-state index contributed by atoms with van der Waals surface area (Å²) in [6, 6.07) is 23.6. The Morgan fingerprint density at radius 1 is 0.756 bits per heavy atom. The normalized spacial score (nSPS) is 11.6. The number of hydrogen-bond donors (Lipinski definition) is 0. The van der Waals surface area contributed by atoms with Gasteiger partial charge < -0.3 is 14.2 Å². The molecule has 0 N–H and O–H groups in total. The summed E-state index contributed by atoms with van der Waals surface area (Å²) >= 11 is 0. The van der Waals surface area contributed by atoms with Crippen molar-refractivity contribution in [1.29, 1.82) is 0 Å². The standard InChI is InChI=1S/C33H27F2NO5/c1-39-30-18-13-22(19-31(30)40-2)24(25-15-14-23(34)20-27(25)35)16-17-29(33(38)41-3)36-28-12-8-7-11-26(28)32(37)21-9-5-4-6-10-21/h4-16,18-20H,17H2,1-3H3. The molecule has 0 bridgehead atoms. The fourth-order valence-electron chi connectivity index (χ4n) is 4.24. The Bertz CT molecular complexity index is 1630. The largest absolute Gasteiger partial charge is 0.493 e. The van der Waals surface area contributed by atoms with Crippen LogP contribution < -0.4 is 9.47 Å². The molecule has 0 amide bonds. The molecule has 0 unspecified atom stereocenters. The summed E-state index contributed by atoms with van der Waals surface area (Å²) in [4.78, 5) is 30.5. The number of esters is 1. The predicted octanol–water partition coefficient (Wildman–Crippen LogP) is 6.98. The summed E-state index contributed by atoms with van der Waals surface area (Å²) in [5.41, 5.74) is 2.00. The van der Waals surface area contributed by atoms with Crippen LogP contribution in [0.4, 0.5) is 14.5 Å². The highest BCUT2D eigenvalue weighted by molar-refractivity contribution is 6.37. The number of carbonyl (C=O) groups excluding carboxylic acids is 2. The van der Waals surface area contributed by atoms with Gasteiger partial charge in [-0.1, -0.05) is 54.6 Å². The van der Waals surface area contributed by atoms with E-state index in [4.69, 9.17) is 14.2 Å². The number of para-hydroxylation sites is 1. The Kier molecular flexibility index (Phi) is 9.37. The molecule has 0 aliphatic carbocycles. The maximum atomic E-state index is 15.0. The van der Waals surface area contributed by atoms with Gasteiger partial charge in [-0.2, -0.15) is 0 Å². The smallest absolute Gasteiger partial charge is 0.352 e. The number of rotatable bonds is 10. The Morgan fingerprint density at radius 2 is 1.46 bits per heavy atom. The van der Waals surface area contributed by atoms with Crippen LogP contribution in [0, 0.1) is 11.6 Å². The molecule has 0 atom stereocenters. The minimum Gasteiger partial charge on any atom is -0.493 e. The van der Waals surface area contributed by atoms with Crippen LogP contribution in [0.3, 0.4) is 0 Å². The molecule has 8 heteroatoms. The van der Waals surface area contributed by atoms with Gasteiger partial charge in [0.25, 0.3) is 0 Å². The van der Waals surface area contributed by atoms with Gasteiger partial charge in [-0.25, -0.2) is 18.6 Å². The minimum atomic E-state index is -0.790. The van der Waals surface area contributed by atoms with Gasteiger partial charge in [0.2, 0.25) is 0 Å². The summed E-state index contributed by atoms with van der Waals surface area (Å²) in [6.07, 6.45) is 1.50. The molecule has 41 heavy (non-hydrogen) atoms. The second-order valence-corrected chi connectivity index (χ2v) is 8.78. The van der Waals surface area contributed by atoms with Gasteiger partial charge in [-0.15, -0.1) is 0 Å². The molecule has 0 heterocycles. The summed E-state index contributed by atoms with van der Waals surface area (Å²) in [6.45, 7) is 0. The van der Waals surface area contributed by atoms with E-state index in [1.54, 1.807) is 72.8 Å². The third-order valence-electron chi connectivity index (χ3n) is 6.28. The zero-order valence-electron chi connectivity index (χ0n) is 22.7. The average molecular weight is 556 g/mol. The number of ether oxygens (including phenoxy) is 3. The SMILES string of the molecule is COC(=O)C(CC=C(c1ccc(OC)c(OC)c1)c1ccc(F)cc1F)=Nc1ccccc1C(=O)c1ccccc1. The van der Waals surface area contributed by atoms with Crippen molar-refractivity contribution >= 4 is 28.7 Å². The van der Waals surface area contributed by atoms with Crippen LogP contribution in [0.2, 0.25) is 0 Å². The van der Waals surface area contributed by atoms with Crippen molar-refractivity contribution < 1.29 is 32.6 Å². The minimum absolute atomic E-state index is 0.0266. The molecule has 4 rings (SSSR count). The molecular formula is C33H27F2NO5. The topological polar surface area (TPSA) is 74.2 Å². The molecule has 0 aromatic heterocycles. The highest BCUT2D eigenvalue weighted by Gasteiger charge is 2.19. The number of nitrogens with zero attached hydrogens (tertiary/aromatic N) is 1. The van der Waals surface area contributed by atoms with Gasteiger partial charge in [0.1, 0.15) is 17.3 Å². The van der Waals surface area contributed by atoms with Crippen molar-refractivity contribution in [1.82, 2.24) is 0 Å². The van der Waals surface area contributed by atoms with Crippen LogP contribution in [-0.4, -0.2) is 38.8 Å². The molecule has 208 valence electrons. The summed E-state index contributed by atoms with van der Waals surface area (Å²) in [5, 5.41) is 0. The molecule has 0 aliphatic rings. The lowest BCUT2D eigenvalue weighted by molar-refractivity contribution is -0.132. The van der Waals surface area contributed by atoms with Crippen LogP contribution in [-0.2, 0) is 9.53 Å². The molecule has 0 aliphatic heterocycles. The van der Waals surface area contributed by atoms with E-state index >= 15 is 4.39 Å². The first-order chi connectivity index (χ1) is 19.9. The number of allylic oxidation sites excluding steroid dienone is 1. The lowest BCUT2D eigenvalue weighted by atomic mass is 9.95. The summed E-state index contributed by atoms with van der Waals surface area (Å²) in [5.74, 6) is -1.64. The number of hydrogen-bond acceptors (Lipinski definition) is 6. The molecule has 4 aromatic rings. The van der Waals surface area contributed by atoms with Gasteiger partial charge in [0.15, 0.2) is 17.3 Å². The van der Waals surface area contributed by atoms with Crippen LogP contribution >= 0.6 is 0 Å². The highest BCUT2D eigenvalue weighted by Crippen LogP contribution is 2.34. The molecular weight excluding hydrogens is 528 g/mol. The van der Waals surface area contributed by atoms with E-state index in [1.165, 1.54) is 27.4 Å². The average Bonchev–Trinajstić information content (AvgIpc) is 3.01. The van der Waals surface area contributed by atoms with Gasteiger partial charge in [-0.05, 0) is 47.5 Å². The first-order valence-corrected chi connectivity index (χ1v) is 12.6. The molecule has 6 nitrogen and oxygen atoms in total. The fourth-order valence-corrected chi connectivity index (χ4v) is 4.24. The van der Waals surface area contributed by atoms with Crippen LogP contribution in [0.5, 0.6) is 11.5 Å². The molecule has 0 radical (unpaired) electrons. The van der Waals surface area contributed by atoms with E-state index in [0.717, 1.165) is 12.1 Å². The molecule has 0 saturated heterocycles. The van der Waals surface area contributed by atoms with Crippen molar-refractivity contribution in [3.63, 3.8) is 0 Å².